The van der Waals surface area contributed by atoms with Crippen LogP contribution in [0, 0.1) is 15.9 Å². The summed E-state index contributed by atoms with van der Waals surface area (Å²) in [6.07, 6.45) is -3.49. The fraction of sp³-hybridized carbons (Fsp3) is 0.176. The van der Waals surface area contributed by atoms with Crippen LogP contribution in [-0.2, 0) is 15.7 Å². The van der Waals surface area contributed by atoms with E-state index in [1.54, 1.807) is 0 Å². The number of fused-ring (bicyclic) bond motifs is 1. The third-order valence-electron chi connectivity index (χ3n) is 4.08. The molecule has 0 saturated carbocycles. The van der Waals surface area contributed by atoms with E-state index in [0.29, 0.717) is 6.07 Å². The van der Waals surface area contributed by atoms with Gasteiger partial charge in [-0.15, -0.1) is 0 Å². The molecule has 7 nitrogen and oxygen atoms in total. The van der Waals surface area contributed by atoms with Crippen LogP contribution in [0.25, 0.3) is 10.9 Å². The zero-order valence-electron chi connectivity index (χ0n) is 14.1. The summed E-state index contributed by atoms with van der Waals surface area (Å²) < 4.78 is 57.9. The molecule has 0 spiro atoms. The van der Waals surface area contributed by atoms with E-state index >= 15 is 0 Å². The van der Waals surface area contributed by atoms with E-state index in [1.807, 2.05) is 0 Å². The van der Waals surface area contributed by atoms with Crippen molar-refractivity contribution in [3.63, 3.8) is 0 Å². The second-order valence-corrected chi connectivity index (χ2v) is 5.75. The van der Waals surface area contributed by atoms with Gasteiger partial charge in [0.2, 0.25) is 0 Å². The van der Waals surface area contributed by atoms with Crippen LogP contribution < -0.4 is 0 Å². The van der Waals surface area contributed by atoms with Gasteiger partial charge in [-0.3, -0.25) is 10.1 Å². The van der Waals surface area contributed by atoms with Gasteiger partial charge in [0.15, 0.2) is 6.04 Å². The minimum Gasteiger partial charge on any atom is -0.467 e. The van der Waals surface area contributed by atoms with Gasteiger partial charge in [-0.1, -0.05) is 12.1 Å². The molecule has 0 radical (unpaired) electrons. The minimum atomic E-state index is -4.57. The molecule has 0 amide bonds. The molecule has 0 aliphatic rings. The number of halogens is 4. The van der Waals surface area contributed by atoms with Gasteiger partial charge in [0.05, 0.1) is 40.8 Å². The molecule has 1 aromatic heterocycles. The first-order valence-corrected chi connectivity index (χ1v) is 7.69. The fourth-order valence-corrected chi connectivity index (χ4v) is 2.79. The van der Waals surface area contributed by atoms with Gasteiger partial charge >= 0.3 is 12.1 Å². The van der Waals surface area contributed by atoms with Gasteiger partial charge in [0.1, 0.15) is 5.82 Å². The Balaban J connectivity index is 2.19. The largest absolute Gasteiger partial charge is 0.467 e. The number of rotatable bonds is 4. The molecule has 1 atom stereocenters. The molecule has 0 fully saturated rings. The van der Waals surface area contributed by atoms with Crippen molar-refractivity contribution in [2.24, 2.45) is 0 Å². The molecule has 1 heterocycles. The summed E-state index contributed by atoms with van der Waals surface area (Å²) in [7, 11) is 1.06. The maximum Gasteiger partial charge on any atom is 0.416 e. The number of methoxy groups -OCH3 is 1. The molecule has 0 aliphatic carbocycles. The normalized spacial score (nSPS) is 12.8. The number of nitrogens with zero attached hydrogens (tertiary/aromatic N) is 3. The molecule has 2 aromatic carbocycles. The summed E-state index contributed by atoms with van der Waals surface area (Å²) in [4.78, 5) is 22.6. The van der Waals surface area contributed by atoms with Crippen molar-refractivity contribution in [2.75, 3.05) is 7.11 Å². The van der Waals surface area contributed by atoms with Crippen molar-refractivity contribution in [1.82, 2.24) is 9.78 Å². The van der Waals surface area contributed by atoms with E-state index in [4.69, 9.17) is 4.74 Å². The fourth-order valence-electron chi connectivity index (χ4n) is 2.79. The first-order chi connectivity index (χ1) is 13.1. The van der Waals surface area contributed by atoms with Crippen molar-refractivity contribution in [1.29, 1.82) is 0 Å². The first-order valence-electron chi connectivity index (χ1n) is 7.69. The van der Waals surface area contributed by atoms with Crippen molar-refractivity contribution >= 4 is 22.6 Å². The molecule has 146 valence electrons. The zero-order chi connectivity index (χ0) is 20.6. The summed E-state index contributed by atoms with van der Waals surface area (Å²) in [6.45, 7) is 0. The number of hydrogen-bond acceptors (Lipinski definition) is 5. The number of nitro groups is 1. The Morgan fingerprint density at radius 3 is 2.43 bits per heavy atom. The van der Waals surface area contributed by atoms with Gasteiger partial charge in [0.25, 0.3) is 5.69 Å². The Hall–Kier alpha value is -3.50. The lowest BCUT2D eigenvalue weighted by Crippen LogP contribution is -2.23. The van der Waals surface area contributed by atoms with Gasteiger partial charge < -0.3 is 4.74 Å². The first kappa shape index (κ1) is 19.3. The average Bonchev–Trinajstić information content (AvgIpc) is 3.04. The van der Waals surface area contributed by atoms with E-state index in [1.165, 1.54) is 0 Å². The van der Waals surface area contributed by atoms with Gasteiger partial charge in [-0.05, 0) is 17.7 Å². The van der Waals surface area contributed by atoms with Crippen LogP contribution in [-0.4, -0.2) is 27.8 Å². The highest BCUT2D eigenvalue weighted by Gasteiger charge is 2.32. The summed E-state index contributed by atoms with van der Waals surface area (Å²) in [5.41, 5.74) is -1.48. The number of nitro benzene ring substituents is 1. The second-order valence-electron chi connectivity index (χ2n) is 5.75. The number of carbonyl (C=O) groups excluding carboxylic acids is 1. The summed E-state index contributed by atoms with van der Waals surface area (Å²) in [5.74, 6) is -1.83. The van der Waals surface area contributed by atoms with Crippen LogP contribution in [0.2, 0.25) is 0 Å². The van der Waals surface area contributed by atoms with Crippen LogP contribution in [0.15, 0.2) is 42.6 Å². The maximum atomic E-state index is 13.9. The van der Waals surface area contributed by atoms with E-state index in [0.717, 1.165) is 48.3 Å². The van der Waals surface area contributed by atoms with E-state index in [2.05, 4.69) is 5.10 Å². The number of benzene rings is 2. The molecular formula is C17H11F4N3O4. The minimum absolute atomic E-state index is 0.0350. The molecular weight excluding hydrogens is 386 g/mol. The van der Waals surface area contributed by atoms with Crippen molar-refractivity contribution in [2.45, 2.75) is 12.2 Å². The highest BCUT2D eigenvalue weighted by molar-refractivity contribution is 5.90. The van der Waals surface area contributed by atoms with Crippen molar-refractivity contribution in [3.05, 3.63) is 69.7 Å². The number of alkyl halides is 3. The quantitative estimate of drug-likeness (QED) is 0.289. The topological polar surface area (TPSA) is 87.3 Å². The Kier molecular flexibility index (Phi) is 4.75. The Labute approximate surface area is 154 Å². The Bertz CT molecular complexity index is 1060. The van der Waals surface area contributed by atoms with Crippen LogP contribution in [0.3, 0.4) is 0 Å². The smallest absolute Gasteiger partial charge is 0.416 e. The predicted molar refractivity (Wildman–Crippen MR) is 87.9 cm³/mol. The van der Waals surface area contributed by atoms with Crippen LogP contribution in [0.1, 0.15) is 17.2 Å². The highest BCUT2D eigenvalue weighted by atomic mass is 19.4. The number of esters is 1. The lowest BCUT2D eigenvalue weighted by molar-refractivity contribution is -0.383. The zero-order valence-corrected chi connectivity index (χ0v) is 14.1. The van der Waals surface area contributed by atoms with Crippen LogP contribution >= 0.6 is 0 Å². The molecule has 0 saturated heterocycles. The number of ether oxygens (including phenoxy) is 1. The van der Waals surface area contributed by atoms with E-state index in [-0.39, 0.29) is 16.5 Å². The second kappa shape index (κ2) is 6.91. The third-order valence-corrected chi connectivity index (χ3v) is 4.08. The lowest BCUT2D eigenvalue weighted by Gasteiger charge is -2.17. The number of hydrogen-bond donors (Lipinski definition) is 0. The molecule has 11 heteroatoms. The summed E-state index contributed by atoms with van der Waals surface area (Å²) in [6, 6.07) is 3.96. The third kappa shape index (κ3) is 3.38. The maximum absolute atomic E-state index is 13.9. The number of aromatic nitrogens is 2. The standard InChI is InChI=1S/C17H11F4N3O4/c1-28-16(25)15(9-2-4-10(5-3-9)17(19,20)21)23-13-6-11(18)7-14(24(26)27)12(13)8-22-23/h2-8,15H,1H3. The number of carbonyl (C=O) groups is 1. The molecule has 3 aromatic rings. The number of non-ortho nitro benzene ring substituents is 1. The SMILES string of the molecule is COC(=O)C(c1ccc(C(F)(F)F)cc1)n1ncc2c([N+](=O)[O-])cc(F)cc21. The van der Waals surface area contributed by atoms with Gasteiger partial charge in [-0.2, -0.15) is 18.3 Å². The van der Waals surface area contributed by atoms with E-state index in [9.17, 15) is 32.5 Å². The highest BCUT2D eigenvalue weighted by Crippen LogP contribution is 2.33. The summed E-state index contributed by atoms with van der Waals surface area (Å²) in [5, 5.41) is 15.0. The average molecular weight is 397 g/mol. The molecule has 1 unspecified atom stereocenters. The molecule has 0 bridgehead atoms. The Morgan fingerprint density at radius 2 is 1.89 bits per heavy atom. The Morgan fingerprint density at radius 1 is 1.25 bits per heavy atom. The molecule has 0 N–H and O–H groups in total. The van der Waals surface area contributed by atoms with E-state index < -0.39 is 40.2 Å². The molecule has 3 rings (SSSR count). The van der Waals surface area contributed by atoms with Crippen molar-refractivity contribution < 1.29 is 32.0 Å². The predicted octanol–water partition coefficient (Wildman–Crippen LogP) is 3.86. The van der Waals surface area contributed by atoms with Crippen LogP contribution in [0.5, 0.6) is 0 Å². The molecule has 0 aliphatic heterocycles. The molecule has 28 heavy (non-hydrogen) atoms. The monoisotopic (exact) mass is 397 g/mol. The van der Waals surface area contributed by atoms with Gasteiger partial charge in [-0.25, -0.2) is 13.9 Å². The lowest BCUT2D eigenvalue weighted by atomic mass is 10.0. The van der Waals surface area contributed by atoms with Crippen LogP contribution in [0.4, 0.5) is 23.2 Å². The van der Waals surface area contributed by atoms with Gasteiger partial charge in [0, 0.05) is 6.07 Å². The van der Waals surface area contributed by atoms with Crippen molar-refractivity contribution in [3.8, 4) is 0 Å². The summed E-state index contributed by atoms with van der Waals surface area (Å²) >= 11 is 0.